The second-order valence-corrected chi connectivity index (χ2v) is 9.11. The van der Waals surface area contributed by atoms with Crippen molar-refractivity contribution in [2.75, 3.05) is 20.3 Å². The van der Waals surface area contributed by atoms with E-state index >= 15 is 0 Å². The van der Waals surface area contributed by atoms with Gasteiger partial charge < -0.3 is 30.4 Å². The van der Waals surface area contributed by atoms with Crippen LogP contribution in [0.4, 0.5) is 0 Å². The van der Waals surface area contributed by atoms with Crippen molar-refractivity contribution in [1.29, 1.82) is 0 Å². The highest BCUT2D eigenvalue weighted by Gasteiger charge is 2.31. The maximum atomic E-state index is 11.1. The lowest BCUT2D eigenvalue weighted by atomic mass is 9.79. The molecular weight excluding hydrogens is 432 g/mol. The summed E-state index contributed by atoms with van der Waals surface area (Å²) in [6.45, 7) is 1.99. The van der Waals surface area contributed by atoms with Crippen LogP contribution in [0.15, 0.2) is 42.6 Å². The lowest BCUT2D eigenvalue weighted by Crippen LogP contribution is -2.41. The van der Waals surface area contributed by atoms with E-state index in [2.05, 4.69) is 27.4 Å². The zero-order valence-corrected chi connectivity index (χ0v) is 19.4. The van der Waals surface area contributed by atoms with Crippen LogP contribution in [-0.4, -0.2) is 47.5 Å². The summed E-state index contributed by atoms with van der Waals surface area (Å²) >= 11 is 0. The molecule has 180 valence electrons. The number of aliphatic hydroxyl groups is 1. The molecule has 5 rings (SSSR count). The third-order valence-electron chi connectivity index (χ3n) is 7.00. The number of aliphatic hydroxyl groups excluding tert-OH is 1. The summed E-state index contributed by atoms with van der Waals surface area (Å²) < 4.78 is 16.5. The van der Waals surface area contributed by atoms with Gasteiger partial charge in [0.05, 0.1) is 24.2 Å². The summed E-state index contributed by atoms with van der Waals surface area (Å²) in [5.74, 6) is 2.38. The first kappa shape index (κ1) is 22.8. The molecule has 8 heteroatoms. The number of benzene rings is 1. The lowest BCUT2D eigenvalue weighted by molar-refractivity contribution is 0.100. The van der Waals surface area contributed by atoms with Crippen molar-refractivity contribution in [2.24, 2.45) is 11.7 Å². The molecule has 0 spiro atoms. The topological polar surface area (TPSA) is 112 Å². The fourth-order valence-electron chi connectivity index (χ4n) is 5.01. The van der Waals surface area contributed by atoms with Crippen LogP contribution in [0.1, 0.15) is 42.9 Å². The van der Waals surface area contributed by atoms with Crippen molar-refractivity contribution >= 4 is 11.0 Å². The van der Waals surface area contributed by atoms with Gasteiger partial charge in [0.1, 0.15) is 13.2 Å². The number of nitrogens with two attached hydrogens (primary N) is 1. The molecule has 0 saturated heterocycles. The molecule has 34 heavy (non-hydrogen) atoms. The van der Waals surface area contributed by atoms with E-state index in [4.69, 9.17) is 19.9 Å². The molecule has 4 N–H and O–H groups in total. The van der Waals surface area contributed by atoms with Crippen molar-refractivity contribution < 1.29 is 19.3 Å². The zero-order chi connectivity index (χ0) is 23.5. The summed E-state index contributed by atoms with van der Waals surface area (Å²) in [5, 5.41) is 14.8. The normalized spacial score (nSPS) is 21.7. The van der Waals surface area contributed by atoms with Crippen molar-refractivity contribution in [3.8, 4) is 17.4 Å². The fraction of sp³-hybridized carbons (Fsp3) is 0.462. The second kappa shape index (κ2) is 10.1. The number of pyridine rings is 2. The summed E-state index contributed by atoms with van der Waals surface area (Å²) in [7, 11) is 1.58. The quantitative estimate of drug-likeness (QED) is 0.489. The molecule has 1 fully saturated rings. The number of hydrogen-bond acceptors (Lipinski definition) is 8. The van der Waals surface area contributed by atoms with Crippen LogP contribution in [0.2, 0.25) is 0 Å². The highest BCUT2D eigenvalue weighted by atomic mass is 16.6. The Morgan fingerprint density at radius 2 is 1.88 bits per heavy atom. The minimum Gasteiger partial charge on any atom is -0.486 e. The molecule has 1 aliphatic heterocycles. The first-order valence-corrected chi connectivity index (χ1v) is 12.0. The number of rotatable bonds is 7. The highest BCUT2D eigenvalue weighted by Crippen LogP contribution is 2.34. The van der Waals surface area contributed by atoms with E-state index in [1.807, 2.05) is 12.1 Å². The molecule has 8 nitrogen and oxygen atoms in total. The number of hydrogen-bond donors (Lipinski definition) is 3. The lowest BCUT2D eigenvalue weighted by Gasteiger charge is -2.35. The molecular formula is C26H32N4O4. The van der Waals surface area contributed by atoms with E-state index in [1.54, 1.807) is 25.4 Å². The van der Waals surface area contributed by atoms with Gasteiger partial charge in [0.2, 0.25) is 5.88 Å². The molecule has 0 bridgehead atoms. The first-order valence-electron chi connectivity index (χ1n) is 12.0. The summed E-state index contributed by atoms with van der Waals surface area (Å²) in [6.07, 6.45) is 4.88. The summed E-state index contributed by atoms with van der Waals surface area (Å²) in [5.41, 5.74) is 9.83. The van der Waals surface area contributed by atoms with Gasteiger partial charge in [0.25, 0.3) is 0 Å². The van der Waals surface area contributed by atoms with Gasteiger partial charge in [-0.1, -0.05) is 6.07 Å². The SMILES string of the molecule is COc1ccc2nccc([C@H](O)[C@@H](N)C3CCC(NCc4ccc5c(c4)OCCO5)CC3)c2n1. The van der Waals surface area contributed by atoms with E-state index in [-0.39, 0.29) is 12.0 Å². The van der Waals surface area contributed by atoms with Crippen LogP contribution >= 0.6 is 0 Å². The second-order valence-electron chi connectivity index (χ2n) is 9.11. The molecule has 2 aliphatic rings. The van der Waals surface area contributed by atoms with Crippen LogP contribution in [0, 0.1) is 5.92 Å². The fourth-order valence-corrected chi connectivity index (χ4v) is 5.01. The molecule has 1 aliphatic carbocycles. The number of methoxy groups -OCH3 is 1. The van der Waals surface area contributed by atoms with Crippen molar-refractivity contribution in [3.05, 3.63) is 53.7 Å². The molecule has 3 heterocycles. The van der Waals surface area contributed by atoms with Crippen LogP contribution in [0.5, 0.6) is 17.4 Å². The van der Waals surface area contributed by atoms with Gasteiger partial charge in [-0.05, 0) is 61.4 Å². The number of ether oxygens (including phenoxy) is 3. The Hall–Kier alpha value is -2.94. The summed E-state index contributed by atoms with van der Waals surface area (Å²) in [4.78, 5) is 8.86. The molecule has 1 aromatic carbocycles. The molecule has 0 amide bonds. The molecule has 1 saturated carbocycles. The highest BCUT2D eigenvalue weighted by molar-refractivity contribution is 5.78. The van der Waals surface area contributed by atoms with Crippen molar-refractivity contribution in [3.63, 3.8) is 0 Å². The number of fused-ring (bicyclic) bond motifs is 2. The molecule has 0 unspecified atom stereocenters. The van der Waals surface area contributed by atoms with Crippen LogP contribution in [0.25, 0.3) is 11.0 Å². The van der Waals surface area contributed by atoms with E-state index in [1.165, 1.54) is 5.56 Å². The smallest absolute Gasteiger partial charge is 0.213 e. The Balaban J connectivity index is 1.17. The largest absolute Gasteiger partial charge is 0.486 e. The van der Waals surface area contributed by atoms with E-state index < -0.39 is 6.10 Å². The predicted octanol–water partition coefficient (Wildman–Crippen LogP) is 3.12. The van der Waals surface area contributed by atoms with E-state index in [0.29, 0.717) is 36.2 Å². The van der Waals surface area contributed by atoms with Crippen LogP contribution in [0.3, 0.4) is 0 Å². The maximum Gasteiger partial charge on any atom is 0.213 e. The molecule has 3 aromatic rings. The number of aromatic nitrogens is 2. The van der Waals surface area contributed by atoms with Gasteiger partial charge in [-0.25, -0.2) is 4.98 Å². The van der Waals surface area contributed by atoms with Gasteiger partial charge in [0.15, 0.2) is 11.5 Å². The van der Waals surface area contributed by atoms with E-state index in [0.717, 1.165) is 49.2 Å². The van der Waals surface area contributed by atoms with Gasteiger partial charge in [0, 0.05) is 36.5 Å². The Kier molecular flexibility index (Phi) is 6.80. The minimum absolute atomic E-state index is 0.246. The van der Waals surface area contributed by atoms with Crippen molar-refractivity contribution in [1.82, 2.24) is 15.3 Å². The third-order valence-corrected chi connectivity index (χ3v) is 7.00. The van der Waals surface area contributed by atoms with Gasteiger partial charge in [-0.2, -0.15) is 0 Å². The minimum atomic E-state index is -0.808. The first-order chi connectivity index (χ1) is 16.6. The summed E-state index contributed by atoms with van der Waals surface area (Å²) in [6, 6.07) is 11.6. The predicted molar refractivity (Wildman–Crippen MR) is 129 cm³/mol. The zero-order valence-electron chi connectivity index (χ0n) is 19.4. The van der Waals surface area contributed by atoms with Gasteiger partial charge in [-0.15, -0.1) is 0 Å². The Labute approximate surface area is 199 Å². The third kappa shape index (κ3) is 4.80. The molecule has 0 radical (unpaired) electrons. The Morgan fingerprint density at radius 1 is 1.09 bits per heavy atom. The van der Waals surface area contributed by atoms with Gasteiger partial charge in [-0.3, -0.25) is 4.98 Å². The van der Waals surface area contributed by atoms with Crippen LogP contribution in [-0.2, 0) is 6.54 Å². The van der Waals surface area contributed by atoms with E-state index in [9.17, 15) is 5.11 Å². The van der Waals surface area contributed by atoms with Crippen molar-refractivity contribution in [2.45, 2.75) is 50.4 Å². The average Bonchev–Trinajstić information content (AvgIpc) is 2.90. The maximum absolute atomic E-state index is 11.1. The number of nitrogens with one attached hydrogen (secondary N) is 1. The Morgan fingerprint density at radius 3 is 2.68 bits per heavy atom. The monoisotopic (exact) mass is 464 g/mol. The standard InChI is InChI=1S/C26H32N4O4/c1-32-23-9-7-20-25(30-23)19(10-11-28-20)26(31)24(27)17-3-5-18(6-4-17)29-15-16-2-8-21-22(14-16)34-13-12-33-21/h2,7-11,14,17-18,24,26,29,31H,3-6,12-13,15,27H2,1H3/t17?,18?,24-,26-/m0/s1. The van der Waals surface area contributed by atoms with Crippen LogP contribution < -0.4 is 25.3 Å². The van der Waals surface area contributed by atoms with Gasteiger partial charge >= 0.3 is 0 Å². The Bertz CT molecular complexity index is 1130. The number of nitrogens with zero attached hydrogens (tertiary/aromatic N) is 2. The molecule has 2 atom stereocenters. The average molecular weight is 465 g/mol. The molecule has 2 aromatic heterocycles.